The fraction of sp³-hybridized carbons (Fsp3) is 0.133. The van der Waals surface area contributed by atoms with E-state index in [1.54, 1.807) is 6.20 Å². The van der Waals surface area contributed by atoms with Gasteiger partial charge in [0.25, 0.3) is 0 Å². The number of aryl methyl sites for hydroxylation is 1. The zero-order chi connectivity index (χ0) is 14.8. The molecule has 0 radical (unpaired) electrons. The molecule has 3 nitrogen and oxygen atoms in total. The van der Waals surface area contributed by atoms with Gasteiger partial charge < -0.3 is 0 Å². The number of aromatic nitrogens is 3. The van der Waals surface area contributed by atoms with Gasteiger partial charge in [-0.1, -0.05) is 47.1 Å². The van der Waals surface area contributed by atoms with E-state index in [1.165, 1.54) is 28.7 Å². The van der Waals surface area contributed by atoms with Crippen molar-refractivity contribution in [3.8, 4) is 21.8 Å². The Balaban J connectivity index is 2.15. The number of hydrogen-bond donors (Lipinski definition) is 0. The molecule has 0 bridgehead atoms. The molecule has 0 spiro atoms. The number of benzene rings is 1. The van der Waals surface area contributed by atoms with Gasteiger partial charge in [-0.15, -0.1) is 11.3 Å². The van der Waals surface area contributed by atoms with Crippen LogP contribution in [0.2, 0.25) is 4.47 Å². The van der Waals surface area contributed by atoms with Crippen LogP contribution < -0.4 is 0 Å². The normalized spacial score (nSPS) is 10.8. The molecule has 0 aliphatic heterocycles. The van der Waals surface area contributed by atoms with E-state index in [2.05, 4.69) is 34.0 Å². The fourth-order valence-corrected chi connectivity index (χ4v) is 3.48. The van der Waals surface area contributed by atoms with Crippen molar-refractivity contribution >= 4 is 34.7 Å². The van der Waals surface area contributed by atoms with Gasteiger partial charge in [-0.3, -0.25) is 0 Å². The molecule has 0 atom stereocenters. The van der Waals surface area contributed by atoms with Gasteiger partial charge in [0, 0.05) is 11.8 Å². The molecular formula is C15H12ClN3S2. The summed E-state index contributed by atoms with van der Waals surface area (Å²) in [5, 5.41) is 0.743. The van der Waals surface area contributed by atoms with Crippen molar-refractivity contribution in [2.24, 2.45) is 0 Å². The molecule has 3 rings (SSSR count). The molecule has 0 aliphatic carbocycles. The molecule has 0 amide bonds. The molecule has 0 unspecified atom stereocenters. The lowest BCUT2D eigenvalue weighted by Gasteiger charge is -2.04. The third-order valence-corrected chi connectivity index (χ3v) is 4.69. The average Bonchev–Trinajstić information content (AvgIpc) is 2.89. The van der Waals surface area contributed by atoms with Gasteiger partial charge in [-0.2, -0.15) is 0 Å². The summed E-state index contributed by atoms with van der Waals surface area (Å²) in [6, 6.07) is 10.1. The van der Waals surface area contributed by atoms with E-state index >= 15 is 0 Å². The van der Waals surface area contributed by atoms with Gasteiger partial charge >= 0.3 is 0 Å². The Morgan fingerprint density at radius 2 is 2.05 bits per heavy atom. The minimum atomic E-state index is 0.519. The van der Waals surface area contributed by atoms with Crippen molar-refractivity contribution in [1.82, 2.24) is 15.0 Å². The number of halogens is 1. The van der Waals surface area contributed by atoms with Gasteiger partial charge in [0.05, 0.1) is 16.3 Å². The number of hydrogen-bond acceptors (Lipinski definition) is 5. The van der Waals surface area contributed by atoms with E-state index in [-0.39, 0.29) is 0 Å². The van der Waals surface area contributed by atoms with E-state index in [1.807, 2.05) is 24.5 Å². The molecule has 0 saturated heterocycles. The minimum absolute atomic E-state index is 0.519. The standard InChI is InChI=1S/C15H12ClN3S2/c1-9-4-3-5-10(8-9)12-13(21-14(16)19-12)11-6-7-17-15(18-11)20-2/h3-8H,1-2H3. The first-order valence-electron chi connectivity index (χ1n) is 6.28. The van der Waals surface area contributed by atoms with Crippen LogP contribution in [-0.4, -0.2) is 21.2 Å². The molecule has 1 aromatic carbocycles. The molecule has 6 heteroatoms. The van der Waals surface area contributed by atoms with Gasteiger partial charge in [-0.25, -0.2) is 15.0 Å². The molecule has 0 saturated carbocycles. The summed E-state index contributed by atoms with van der Waals surface area (Å²) in [4.78, 5) is 14.2. The van der Waals surface area contributed by atoms with Crippen molar-refractivity contribution in [1.29, 1.82) is 0 Å². The maximum Gasteiger partial charge on any atom is 0.187 e. The van der Waals surface area contributed by atoms with Crippen LogP contribution in [0.4, 0.5) is 0 Å². The Bertz CT molecular complexity index is 786. The molecule has 106 valence electrons. The van der Waals surface area contributed by atoms with Crippen LogP contribution in [0.25, 0.3) is 21.8 Å². The van der Waals surface area contributed by atoms with Crippen molar-refractivity contribution in [2.45, 2.75) is 12.1 Å². The highest BCUT2D eigenvalue weighted by molar-refractivity contribution is 7.98. The lowest BCUT2D eigenvalue weighted by atomic mass is 10.1. The first-order chi connectivity index (χ1) is 10.2. The first kappa shape index (κ1) is 14.5. The number of rotatable bonds is 3. The van der Waals surface area contributed by atoms with Crippen molar-refractivity contribution < 1.29 is 0 Å². The summed E-state index contributed by atoms with van der Waals surface area (Å²) >= 11 is 9.10. The summed E-state index contributed by atoms with van der Waals surface area (Å²) in [6.45, 7) is 2.06. The molecule has 21 heavy (non-hydrogen) atoms. The van der Waals surface area contributed by atoms with Gasteiger partial charge in [0.2, 0.25) is 0 Å². The van der Waals surface area contributed by atoms with E-state index in [0.29, 0.717) is 4.47 Å². The average molecular weight is 334 g/mol. The summed E-state index contributed by atoms with van der Waals surface area (Å²) in [6.07, 6.45) is 3.72. The Morgan fingerprint density at radius 3 is 2.81 bits per heavy atom. The van der Waals surface area contributed by atoms with Crippen LogP contribution in [0, 0.1) is 6.92 Å². The second kappa shape index (κ2) is 6.13. The number of nitrogens with zero attached hydrogens (tertiary/aromatic N) is 3. The lowest BCUT2D eigenvalue weighted by molar-refractivity contribution is 0.978. The van der Waals surface area contributed by atoms with E-state index in [4.69, 9.17) is 11.6 Å². The Hall–Kier alpha value is -1.43. The van der Waals surface area contributed by atoms with Crippen molar-refractivity contribution in [3.05, 3.63) is 46.6 Å². The van der Waals surface area contributed by atoms with Gasteiger partial charge in [0.1, 0.15) is 0 Å². The molecular weight excluding hydrogens is 322 g/mol. The predicted octanol–water partition coefficient (Wildman–Crippen LogP) is 4.95. The van der Waals surface area contributed by atoms with Crippen molar-refractivity contribution in [3.63, 3.8) is 0 Å². The number of thiazole rings is 1. The monoisotopic (exact) mass is 333 g/mol. The maximum atomic E-state index is 6.14. The highest BCUT2D eigenvalue weighted by Gasteiger charge is 2.15. The number of thioether (sulfide) groups is 1. The van der Waals surface area contributed by atoms with Crippen LogP contribution in [0.15, 0.2) is 41.7 Å². The Morgan fingerprint density at radius 1 is 1.19 bits per heavy atom. The van der Waals surface area contributed by atoms with Gasteiger partial charge in [-0.05, 0) is 25.3 Å². The summed E-state index contributed by atoms with van der Waals surface area (Å²) in [5.74, 6) is 0. The van der Waals surface area contributed by atoms with E-state index in [0.717, 1.165) is 27.0 Å². The molecule has 3 aromatic rings. The third kappa shape index (κ3) is 3.10. The SMILES string of the molecule is CSc1nccc(-c2sc(Cl)nc2-c2cccc(C)c2)n1. The summed E-state index contributed by atoms with van der Waals surface area (Å²) in [5.41, 5.74) is 3.97. The highest BCUT2D eigenvalue weighted by atomic mass is 35.5. The first-order valence-corrected chi connectivity index (χ1v) is 8.70. The predicted molar refractivity (Wildman–Crippen MR) is 90.1 cm³/mol. The molecule has 0 N–H and O–H groups in total. The Labute approximate surface area is 136 Å². The Kier molecular flexibility index (Phi) is 4.24. The second-order valence-corrected chi connectivity index (χ2v) is 6.80. The molecule has 2 aromatic heterocycles. The quantitative estimate of drug-likeness (QED) is 0.502. The maximum absolute atomic E-state index is 6.14. The van der Waals surface area contributed by atoms with Crippen LogP contribution >= 0.6 is 34.7 Å². The van der Waals surface area contributed by atoms with Crippen molar-refractivity contribution in [2.75, 3.05) is 6.26 Å². The zero-order valence-corrected chi connectivity index (χ0v) is 13.9. The van der Waals surface area contributed by atoms with Crippen LogP contribution in [0.3, 0.4) is 0 Å². The largest absolute Gasteiger partial charge is 0.231 e. The topological polar surface area (TPSA) is 38.7 Å². The smallest absolute Gasteiger partial charge is 0.187 e. The molecule has 0 aliphatic rings. The summed E-state index contributed by atoms with van der Waals surface area (Å²) < 4.78 is 0.519. The van der Waals surface area contributed by atoms with Crippen LogP contribution in [0.1, 0.15) is 5.56 Å². The van der Waals surface area contributed by atoms with Gasteiger partial charge in [0.15, 0.2) is 9.62 Å². The highest BCUT2D eigenvalue weighted by Crippen LogP contribution is 2.38. The van der Waals surface area contributed by atoms with Crippen LogP contribution in [-0.2, 0) is 0 Å². The molecule has 2 heterocycles. The molecule has 0 fully saturated rings. The third-order valence-electron chi connectivity index (χ3n) is 2.94. The van der Waals surface area contributed by atoms with E-state index < -0.39 is 0 Å². The second-order valence-electron chi connectivity index (χ2n) is 4.44. The lowest BCUT2D eigenvalue weighted by Crippen LogP contribution is -1.89. The minimum Gasteiger partial charge on any atom is -0.231 e. The van der Waals surface area contributed by atoms with Crippen LogP contribution in [0.5, 0.6) is 0 Å². The van der Waals surface area contributed by atoms with E-state index in [9.17, 15) is 0 Å². The fourth-order valence-electron chi connectivity index (χ4n) is 2.02. The zero-order valence-electron chi connectivity index (χ0n) is 11.5. The summed E-state index contributed by atoms with van der Waals surface area (Å²) in [7, 11) is 0.